The smallest absolute Gasteiger partial charge is 0.246 e. The lowest BCUT2D eigenvalue weighted by Gasteiger charge is -2.34. The topological polar surface area (TPSA) is 23.6 Å². The Balaban J connectivity index is 0.000000855. The monoisotopic (exact) mass is 366 g/mol. The van der Waals surface area contributed by atoms with Crippen LogP contribution in [0.15, 0.2) is 66.7 Å². The predicted octanol–water partition coefficient (Wildman–Crippen LogP) is 5.10. The lowest BCUT2D eigenvalue weighted by atomic mass is 10.2. The van der Waals surface area contributed by atoms with Gasteiger partial charge in [0.05, 0.1) is 0 Å². The molecule has 0 aromatic heterocycles. The first kappa shape index (κ1) is 22.7. The molecule has 0 unspecified atom stereocenters. The van der Waals surface area contributed by atoms with Crippen LogP contribution in [-0.4, -0.2) is 41.9 Å². The maximum atomic E-state index is 12.3. The Bertz CT molecular complexity index is 645. The molecule has 0 bridgehead atoms. The number of carbonyl (C=O) groups is 1. The number of carbonyl (C=O) groups excluding carboxylic acids is 1. The molecule has 2 aromatic rings. The molecule has 0 atom stereocenters. The van der Waals surface area contributed by atoms with E-state index < -0.39 is 0 Å². The van der Waals surface area contributed by atoms with Crippen molar-refractivity contribution in [1.82, 2.24) is 9.80 Å². The maximum Gasteiger partial charge on any atom is 0.246 e. The third-order valence-electron chi connectivity index (χ3n) is 4.15. The van der Waals surface area contributed by atoms with E-state index in [1.165, 1.54) is 5.56 Å². The van der Waals surface area contributed by atoms with Crippen LogP contribution in [0.25, 0.3) is 6.08 Å². The summed E-state index contributed by atoms with van der Waals surface area (Å²) in [6, 6.07) is 20.4. The molecule has 0 N–H and O–H groups in total. The average molecular weight is 367 g/mol. The minimum atomic E-state index is 0.105. The van der Waals surface area contributed by atoms with E-state index >= 15 is 0 Å². The molecule has 1 heterocycles. The maximum absolute atomic E-state index is 12.3. The quantitative estimate of drug-likeness (QED) is 0.703. The van der Waals surface area contributed by atoms with Crippen molar-refractivity contribution in [2.75, 3.05) is 26.2 Å². The number of piperazine rings is 1. The molecule has 27 heavy (non-hydrogen) atoms. The highest BCUT2D eigenvalue weighted by Crippen LogP contribution is 2.09. The van der Waals surface area contributed by atoms with E-state index in [9.17, 15) is 4.79 Å². The second-order valence-corrected chi connectivity index (χ2v) is 5.83. The van der Waals surface area contributed by atoms with Crippen molar-refractivity contribution in [2.45, 2.75) is 34.2 Å². The van der Waals surface area contributed by atoms with E-state index in [-0.39, 0.29) is 5.91 Å². The van der Waals surface area contributed by atoms with Crippen molar-refractivity contribution in [3.63, 3.8) is 0 Å². The Morgan fingerprint density at radius 3 is 1.89 bits per heavy atom. The Morgan fingerprint density at radius 1 is 0.815 bits per heavy atom. The van der Waals surface area contributed by atoms with Crippen LogP contribution >= 0.6 is 0 Å². The van der Waals surface area contributed by atoms with Crippen LogP contribution in [0.1, 0.15) is 38.8 Å². The van der Waals surface area contributed by atoms with Crippen molar-refractivity contribution in [2.24, 2.45) is 0 Å². The zero-order valence-electron chi connectivity index (χ0n) is 17.3. The molecule has 146 valence electrons. The van der Waals surface area contributed by atoms with Gasteiger partial charge in [-0.2, -0.15) is 0 Å². The first-order chi connectivity index (χ1) is 13.3. The molecule has 1 saturated heterocycles. The van der Waals surface area contributed by atoms with Gasteiger partial charge in [-0.15, -0.1) is 0 Å². The molecule has 1 aliphatic heterocycles. The van der Waals surface area contributed by atoms with Gasteiger partial charge in [0.2, 0.25) is 5.91 Å². The van der Waals surface area contributed by atoms with Crippen molar-refractivity contribution in [3.8, 4) is 0 Å². The van der Waals surface area contributed by atoms with Crippen LogP contribution in [-0.2, 0) is 11.3 Å². The van der Waals surface area contributed by atoms with Crippen molar-refractivity contribution >= 4 is 12.0 Å². The van der Waals surface area contributed by atoms with Gasteiger partial charge >= 0.3 is 0 Å². The highest BCUT2D eigenvalue weighted by molar-refractivity contribution is 5.91. The minimum Gasteiger partial charge on any atom is -0.337 e. The van der Waals surface area contributed by atoms with Gasteiger partial charge in [0.15, 0.2) is 0 Å². The van der Waals surface area contributed by atoms with Crippen LogP contribution in [0.3, 0.4) is 0 Å². The molecule has 0 saturated carbocycles. The minimum absolute atomic E-state index is 0.105. The second-order valence-electron chi connectivity index (χ2n) is 5.83. The molecular formula is C24H34N2O. The SMILES string of the molecule is CC.CC.O=C(/C=C/c1ccccc1)N1CCN(Cc2ccccc2)CC1. The summed E-state index contributed by atoms with van der Waals surface area (Å²) in [6.45, 7) is 12.4. The lowest BCUT2D eigenvalue weighted by Crippen LogP contribution is -2.47. The van der Waals surface area contributed by atoms with Gasteiger partial charge in [0, 0.05) is 38.8 Å². The summed E-state index contributed by atoms with van der Waals surface area (Å²) in [5.41, 5.74) is 2.39. The number of nitrogens with zero attached hydrogens (tertiary/aromatic N) is 2. The van der Waals surface area contributed by atoms with E-state index in [0.29, 0.717) is 0 Å². The van der Waals surface area contributed by atoms with Crippen molar-refractivity contribution in [1.29, 1.82) is 0 Å². The standard InChI is InChI=1S/C20H22N2O.2C2H6/c23-20(12-11-18-7-3-1-4-8-18)22-15-13-21(14-16-22)17-19-9-5-2-6-10-19;2*1-2/h1-12H,13-17H2;2*1-2H3/b12-11+;;. The lowest BCUT2D eigenvalue weighted by molar-refractivity contribution is -0.127. The van der Waals surface area contributed by atoms with Gasteiger partial charge in [-0.05, 0) is 17.2 Å². The Kier molecular flexibility index (Phi) is 11.5. The van der Waals surface area contributed by atoms with Gasteiger partial charge < -0.3 is 4.90 Å². The summed E-state index contributed by atoms with van der Waals surface area (Å²) < 4.78 is 0. The molecule has 1 aliphatic rings. The van der Waals surface area contributed by atoms with E-state index in [2.05, 4.69) is 29.2 Å². The fraction of sp³-hybridized carbons (Fsp3) is 0.375. The predicted molar refractivity (Wildman–Crippen MR) is 116 cm³/mol. The third kappa shape index (κ3) is 8.23. The van der Waals surface area contributed by atoms with Crippen LogP contribution in [0.2, 0.25) is 0 Å². The van der Waals surface area contributed by atoms with E-state index in [4.69, 9.17) is 0 Å². The molecule has 1 amide bonds. The first-order valence-electron chi connectivity index (χ1n) is 10.1. The molecule has 3 rings (SSSR count). The van der Waals surface area contributed by atoms with Gasteiger partial charge in [0.1, 0.15) is 0 Å². The largest absolute Gasteiger partial charge is 0.337 e. The van der Waals surface area contributed by atoms with E-state index in [0.717, 1.165) is 38.3 Å². The van der Waals surface area contributed by atoms with Gasteiger partial charge in [0.25, 0.3) is 0 Å². The Labute approximate surface area is 165 Å². The summed E-state index contributed by atoms with van der Waals surface area (Å²) >= 11 is 0. The number of benzene rings is 2. The zero-order chi connectivity index (χ0) is 19.9. The summed E-state index contributed by atoms with van der Waals surface area (Å²) in [5, 5.41) is 0. The Morgan fingerprint density at radius 2 is 1.33 bits per heavy atom. The normalized spacial score (nSPS) is 14.0. The van der Waals surface area contributed by atoms with Crippen LogP contribution in [0.5, 0.6) is 0 Å². The number of rotatable bonds is 4. The fourth-order valence-corrected chi connectivity index (χ4v) is 2.81. The average Bonchev–Trinajstić information content (AvgIpc) is 2.77. The van der Waals surface area contributed by atoms with Crippen LogP contribution in [0.4, 0.5) is 0 Å². The molecule has 2 aromatic carbocycles. The summed E-state index contributed by atoms with van der Waals surface area (Å²) in [6.07, 6.45) is 3.57. The highest BCUT2D eigenvalue weighted by atomic mass is 16.2. The molecule has 1 fully saturated rings. The molecular weight excluding hydrogens is 332 g/mol. The zero-order valence-corrected chi connectivity index (χ0v) is 17.3. The molecule has 3 heteroatoms. The third-order valence-corrected chi connectivity index (χ3v) is 4.15. The summed E-state index contributed by atoms with van der Waals surface area (Å²) in [7, 11) is 0. The molecule has 0 radical (unpaired) electrons. The van der Waals surface area contributed by atoms with Gasteiger partial charge in [-0.1, -0.05) is 88.4 Å². The first-order valence-corrected chi connectivity index (χ1v) is 10.1. The van der Waals surface area contributed by atoms with E-state index in [1.54, 1.807) is 6.08 Å². The van der Waals surface area contributed by atoms with E-state index in [1.807, 2.05) is 75.1 Å². The number of amides is 1. The van der Waals surface area contributed by atoms with Crippen molar-refractivity contribution < 1.29 is 4.79 Å². The Hall–Kier alpha value is -2.39. The second kappa shape index (κ2) is 13.8. The summed E-state index contributed by atoms with van der Waals surface area (Å²) in [5.74, 6) is 0.105. The molecule has 3 nitrogen and oxygen atoms in total. The number of hydrogen-bond donors (Lipinski definition) is 0. The van der Waals surface area contributed by atoms with Gasteiger partial charge in [-0.3, -0.25) is 9.69 Å². The van der Waals surface area contributed by atoms with Crippen molar-refractivity contribution in [3.05, 3.63) is 77.9 Å². The van der Waals surface area contributed by atoms with Crippen LogP contribution < -0.4 is 0 Å². The molecule has 0 spiro atoms. The van der Waals surface area contributed by atoms with Gasteiger partial charge in [-0.25, -0.2) is 0 Å². The summed E-state index contributed by atoms with van der Waals surface area (Å²) in [4.78, 5) is 16.6. The van der Waals surface area contributed by atoms with Crippen LogP contribution in [0, 0.1) is 0 Å². The fourth-order valence-electron chi connectivity index (χ4n) is 2.81. The highest BCUT2D eigenvalue weighted by Gasteiger charge is 2.19. The molecule has 0 aliphatic carbocycles. The number of hydrogen-bond acceptors (Lipinski definition) is 2.